The second-order valence-electron chi connectivity index (χ2n) is 6.32. The Morgan fingerprint density at radius 2 is 1.97 bits per heavy atom. The second kappa shape index (κ2) is 7.94. The molecule has 1 N–H and O–H groups in total. The molecule has 3 heterocycles. The van der Waals surface area contributed by atoms with Gasteiger partial charge in [-0.05, 0) is 18.2 Å². The lowest BCUT2D eigenvalue weighted by Crippen LogP contribution is -2.48. The smallest absolute Gasteiger partial charge is 0.387 e. The minimum Gasteiger partial charge on any atom is -0.463 e. The van der Waals surface area contributed by atoms with Gasteiger partial charge in [0.2, 0.25) is 5.88 Å². The highest BCUT2D eigenvalue weighted by Gasteiger charge is 2.27. The summed E-state index contributed by atoms with van der Waals surface area (Å²) in [6.45, 7) is -2.62. The summed E-state index contributed by atoms with van der Waals surface area (Å²) in [5.74, 6) is -1.36. The number of aromatic amines is 1. The number of anilines is 1. The highest BCUT2D eigenvalue weighted by molar-refractivity contribution is 5.51. The van der Waals surface area contributed by atoms with Crippen molar-refractivity contribution in [1.29, 1.82) is 0 Å². The number of pyridine rings is 1. The minimum absolute atomic E-state index is 0.193. The van der Waals surface area contributed by atoms with Gasteiger partial charge < -0.3 is 14.4 Å². The molecule has 0 spiro atoms. The van der Waals surface area contributed by atoms with Crippen LogP contribution in [0.5, 0.6) is 11.6 Å². The van der Waals surface area contributed by atoms with E-state index in [1.165, 1.54) is 18.5 Å². The van der Waals surface area contributed by atoms with Gasteiger partial charge in [0.15, 0.2) is 17.7 Å². The van der Waals surface area contributed by atoms with E-state index in [9.17, 15) is 17.6 Å². The molecule has 1 unspecified atom stereocenters. The van der Waals surface area contributed by atoms with Crippen LogP contribution in [0.4, 0.5) is 23.2 Å². The number of hydrogen-bond acceptors (Lipinski definition) is 6. The topological polar surface area (TPSA) is 76.2 Å². The first-order valence-electron chi connectivity index (χ1n) is 8.61. The van der Waals surface area contributed by atoms with Crippen molar-refractivity contribution in [1.82, 2.24) is 20.4 Å². The van der Waals surface area contributed by atoms with Gasteiger partial charge in [-0.15, -0.1) is 0 Å². The number of halogens is 4. The van der Waals surface area contributed by atoms with Crippen LogP contribution >= 0.6 is 0 Å². The van der Waals surface area contributed by atoms with Crippen LogP contribution in [0.3, 0.4) is 0 Å². The van der Waals surface area contributed by atoms with Gasteiger partial charge in [0.25, 0.3) is 0 Å². The third-order valence-electron chi connectivity index (χ3n) is 4.34. The Balaban J connectivity index is 1.63. The van der Waals surface area contributed by atoms with Gasteiger partial charge in [-0.3, -0.25) is 0 Å². The number of benzene rings is 1. The van der Waals surface area contributed by atoms with E-state index in [4.69, 9.17) is 4.74 Å². The molecule has 1 atom stereocenters. The van der Waals surface area contributed by atoms with E-state index in [0.29, 0.717) is 11.3 Å². The molecule has 3 aromatic rings. The SMILES string of the molecule is Fc1ccc(C(Oc2cc(N3CC(F)C3)ccn2)c2cn[nH]n2)cc1OC(F)F. The Morgan fingerprint density at radius 3 is 2.66 bits per heavy atom. The zero-order valence-corrected chi connectivity index (χ0v) is 14.8. The molecule has 0 bridgehead atoms. The molecule has 0 radical (unpaired) electrons. The summed E-state index contributed by atoms with van der Waals surface area (Å²) in [5.41, 5.74) is 1.35. The number of H-pyrrole nitrogens is 1. The fraction of sp³-hybridized carbons (Fsp3) is 0.278. The van der Waals surface area contributed by atoms with Gasteiger partial charge in [-0.25, -0.2) is 13.8 Å². The Morgan fingerprint density at radius 1 is 1.14 bits per heavy atom. The minimum atomic E-state index is -3.18. The highest BCUT2D eigenvalue weighted by Crippen LogP contribution is 2.32. The number of hydrogen-bond donors (Lipinski definition) is 1. The number of nitrogens with zero attached hydrogens (tertiary/aromatic N) is 4. The van der Waals surface area contributed by atoms with E-state index in [0.717, 1.165) is 17.8 Å². The maximum Gasteiger partial charge on any atom is 0.387 e. The molecule has 7 nitrogen and oxygen atoms in total. The van der Waals surface area contributed by atoms with Gasteiger partial charge in [-0.2, -0.15) is 24.2 Å². The summed E-state index contributed by atoms with van der Waals surface area (Å²) in [7, 11) is 0. The Labute approximate surface area is 162 Å². The molecule has 11 heteroatoms. The first-order chi connectivity index (χ1) is 14.0. The van der Waals surface area contributed by atoms with Crippen molar-refractivity contribution in [2.24, 2.45) is 0 Å². The summed E-state index contributed by atoms with van der Waals surface area (Å²) in [6, 6.07) is 6.80. The summed E-state index contributed by atoms with van der Waals surface area (Å²) in [6.07, 6.45) is 1.09. The first kappa shape index (κ1) is 19.0. The maximum atomic E-state index is 13.8. The monoisotopic (exact) mass is 409 g/mol. The van der Waals surface area contributed by atoms with Gasteiger partial charge in [-0.1, -0.05) is 6.07 Å². The molecule has 4 rings (SSSR count). The number of nitrogens with one attached hydrogen (secondary N) is 1. The van der Waals surface area contributed by atoms with E-state index in [-0.39, 0.29) is 19.0 Å². The molecule has 152 valence electrons. The summed E-state index contributed by atoms with van der Waals surface area (Å²) in [5, 5.41) is 10.1. The van der Waals surface area contributed by atoms with E-state index in [2.05, 4.69) is 25.1 Å². The largest absolute Gasteiger partial charge is 0.463 e. The predicted molar refractivity (Wildman–Crippen MR) is 93.2 cm³/mol. The number of ether oxygens (including phenoxy) is 2. The maximum absolute atomic E-state index is 13.8. The van der Waals surface area contributed by atoms with Gasteiger partial charge >= 0.3 is 6.61 Å². The Bertz CT molecular complexity index is 967. The van der Waals surface area contributed by atoms with Crippen LogP contribution in [0.2, 0.25) is 0 Å². The van der Waals surface area contributed by atoms with E-state index in [1.807, 2.05) is 4.90 Å². The number of rotatable bonds is 7. The Kier molecular flexibility index (Phi) is 5.19. The average molecular weight is 409 g/mol. The van der Waals surface area contributed by atoms with Crippen LogP contribution in [0.1, 0.15) is 17.4 Å². The van der Waals surface area contributed by atoms with E-state index >= 15 is 0 Å². The number of aromatic nitrogens is 4. The van der Waals surface area contributed by atoms with Gasteiger partial charge in [0, 0.05) is 23.5 Å². The molecule has 1 fully saturated rings. The fourth-order valence-electron chi connectivity index (χ4n) is 2.92. The van der Waals surface area contributed by atoms with E-state index in [1.54, 1.807) is 12.1 Å². The van der Waals surface area contributed by atoms with E-state index < -0.39 is 30.5 Å². The molecule has 2 aromatic heterocycles. The van der Waals surface area contributed by atoms with Crippen LogP contribution in [-0.2, 0) is 0 Å². The third kappa shape index (κ3) is 4.23. The van der Waals surface area contributed by atoms with Crippen molar-refractivity contribution >= 4 is 5.69 Å². The lowest BCUT2D eigenvalue weighted by atomic mass is 10.1. The van der Waals surface area contributed by atoms with Crippen molar-refractivity contribution in [3.8, 4) is 11.6 Å². The lowest BCUT2D eigenvalue weighted by Gasteiger charge is -2.36. The summed E-state index contributed by atoms with van der Waals surface area (Å²) < 4.78 is 62.2. The molecular weight excluding hydrogens is 394 g/mol. The van der Waals surface area contributed by atoms with Crippen LogP contribution in [0.25, 0.3) is 0 Å². The average Bonchev–Trinajstić information content (AvgIpc) is 3.20. The third-order valence-corrected chi connectivity index (χ3v) is 4.34. The molecule has 0 saturated carbocycles. The zero-order valence-electron chi connectivity index (χ0n) is 14.8. The molecule has 0 aliphatic carbocycles. The second-order valence-corrected chi connectivity index (χ2v) is 6.32. The lowest BCUT2D eigenvalue weighted by molar-refractivity contribution is -0.0523. The Hall–Kier alpha value is -3.37. The van der Waals surface area contributed by atoms with Crippen molar-refractivity contribution in [2.75, 3.05) is 18.0 Å². The van der Waals surface area contributed by atoms with Crippen LogP contribution in [0, 0.1) is 5.82 Å². The van der Waals surface area contributed by atoms with Gasteiger partial charge in [0.05, 0.1) is 19.3 Å². The molecule has 1 saturated heterocycles. The molecular formula is C18H15F4N5O2. The zero-order chi connectivity index (χ0) is 20.4. The first-order valence-corrected chi connectivity index (χ1v) is 8.61. The standard InChI is InChI=1S/C18H15F4N5O2/c19-11-8-27(9-11)12-3-4-23-16(6-12)29-17(14-7-24-26-25-14)10-1-2-13(20)15(5-10)28-18(21)22/h1-7,11,17-18H,8-9H2,(H,24,25,26). The molecule has 1 aliphatic rings. The quantitative estimate of drug-likeness (QED) is 0.604. The highest BCUT2D eigenvalue weighted by atomic mass is 19.3. The van der Waals surface area contributed by atoms with Crippen LogP contribution < -0.4 is 14.4 Å². The summed E-state index contributed by atoms with van der Waals surface area (Å²) >= 11 is 0. The van der Waals surface area contributed by atoms with Crippen molar-refractivity contribution < 1.29 is 27.0 Å². The van der Waals surface area contributed by atoms with Gasteiger partial charge in [0.1, 0.15) is 11.9 Å². The molecule has 1 aliphatic heterocycles. The molecule has 1 aromatic carbocycles. The fourth-order valence-corrected chi connectivity index (χ4v) is 2.92. The molecule has 29 heavy (non-hydrogen) atoms. The normalized spacial score (nSPS) is 15.3. The van der Waals surface area contributed by atoms with Crippen molar-refractivity contribution in [3.05, 3.63) is 59.8 Å². The van der Waals surface area contributed by atoms with Crippen LogP contribution in [0.15, 0.2) is 42.7 Å². The number of alkyl halides is 3. The molecule has 0 amide bonds. The van der Waals surface area contributed by atoms with Crippen molar-refractivity contribution in [3.63, 3.8) is 0 Å². The van der Waals surface area contributed by atoms with Crippen molar-refractivity contribution in [2.45, 2.75) is 18.9 Å². The summed E-state index contributed by atoms with van der Waals surface area (Å²) in [4.78, 5) is 5.95. The predicted octanol–water partition coefficient (Wildman–Crippen LogP) is 3.27. The van der Waals surface area contributed by atoms with Crippen LogP contribution in [-0.4, -0.2) is 46.3 Å².